The molecule has 0 fully saturated rings. The van der Waals surface area contributed by atoms with E-state index in [-0.39, 0.29) is 21.4 Å². The van der Waals surface area contributed by atoms with Gasteiger partial charge in [0.15, 0.2) is 5.82 Å². The third-order valence-corrected chi connectivity index (χ3v) is 3.71. The van der Waals surface area contributed by atoms with Gasteiger partial charge in [-0.3, -0.25) is 9.79 Å². The Morgan fingerprint density at radius 1 is 1.46 bits per heavy atom. The van der Waals surface area contributed by atoms with Gasteiger partial charge in [-0.25, -0.2) is 9.37 Å². The molecule has 0 saturated heterocycles. The van der Waals surface area contributed by atoms with Crippen LogP contribution >= 0.6 is 39.1 Å². The number of aliphatic imine (C=N–C) groups is 1. The van der Waals surface area contributed by atoms with Crippen molar-refractivity contribution in [2.75, 3.05) is 5.32 Å². The molecule has 0 aliphatic heterocycles. The molecule has 0 aliphatic rings. The Kier molecular flexibility index (Phi) is 6.30. The maximum Gasteiger partial charge on any atom is 0.261 e. The molecule has 0 aliphatic carbocycles. The van der Waals surface area contributed by atoms with E-state index in [1.807, 2.05) is 0 Å². The van der Waals surface area contributed by atoms with Crippen LogP contribution in [0.25, 0.3) is 0 Å². The number of nitrogens with one attached hydrogen (secondary N) is 1. The zero-order chi connectivity index (χ0) is 17.7. The molecule has 1 aromatic carbocycles. The summed E-state index contributed by atoms with van der Waals surface area (Å²) in [5.74, 6) is -1.37. The molecule has 2 aromatic rings. The van der Waals surface area contributed by atoms with Crippen molar-refractivity contribution in [3.63, 3.8) is 0 Å². The van der Waals surface area contributed by atoms with Gasteiger partial charge in [0.25, 0.3) is 5.91 Å². The number of carbonyl (C=O) groups excluding carboxylic acids is 1. The fourth-order valence-electron chi connectivity index (χ4n) is 1.68. The standard InChI is InChI=1S/C15H10BrCl2FN4O/c16-8-4-12(21-7-9(17)5-20)14(22-6-8)23-15(24)13-10(18)2-1-3-11(13)19/h1-7H,20H2,(H,22,23,24)/b9-5+,21-7?. The number of allylic oxidation sites excluding steroid dienone is 1. The molecule has 24 heavy (non-hydrogen) atoms. The molecule has 0 saturated carbocycles. The first-order valence-electron chi connectivity index (χ1n) is 6.44. The number of nitrogens with zero attached hydrogens (tertiary/aromatic N) is 2. The van der Waals surface area contributed by atoms with Gasteiger partial charge in [-0.15, -0.1) is 0 Å². The van der Waals surface area contributed by atoms with Gasteiger partial charge in [0, 0.05) is 23.1 Å². The number of amides is 1. The molecule has 1 aromatic heterocycles. The van der Waals surface area contributed by atoms with Crippen LogP contribution in [0.4, 0.5) is 15.9 Å². The van der Waals surface area contributed by atoms with Crippen molar-refractivity contribution in [2.24, 2.45) is 10.7 Å². The Labute approximate surface area is 155 Å². The van der Waals surface area contributed by atoms with Crippen LogP contribution in [0.15, 0.2) is 51.2 Å². The predicted octanol–water partition coefficient (Wildman–Crippen LogP) is 4.63. The number of benzene rings is 1. The number of hydrogen-bond acceptors (Lipinski definition) is 4. The van der Waals surface area contributed by atoms with Gasteiger partial charge in [-0.2, -0.15) is 0 Å². The van der Waals surface area contributed by atoms with E-state index in [4.69, 9.17) is 28.9 Å². The van der Waals surface area contributed by atoms with Crippen molar-refractivity contribution in [1.82, 2.24) is 4.98 Å². The normalized spacial score (nSPS) is 11.8. The first-order valence-corrected chi connectivity index (χ1v) is 7.99. The zero-order valence-corrected chi connectivity index (χ0v) is 15.0. The second kappa shape index (κ2) is 8.23. The number of aromatic nitrogens is 1. The number of rotatable bonds is 4. The second-order valence-electron chi connectivity index (χ2n) is 4.38. The van der Waals surface area contributed by atoms with Crippen LogP contribution < -0.4 is 11.1 Å². The molecular formula is C15H10BrCl2FN4O. The van der Waals surface area contributed by atoms with Gasteiger partial charge in [0.1, 0.15) is 11.5 Å². The lowest BCUT2D eigenvalue weighted by atomic mass is 10.2. The SMILES string of the molecule is N/C=C(/Cl)C=Nc1cc(Br)cnc1NC(=O)c1c(F)cccc1Cl. The number of anilines is 1. The summed E-state index contributed by atoms with van der Waals surface area (Å²) in [4.78, 5) is 20.4. The number of hydrogen-bond donors (Lipinski definition) is 2. The van der Waals surface area contributed by atoms with E-state index < -0.39 is 11.7 Å². The Hall–Kier alpha value is -1.96. The molecule has 9 heteroatoms. The van der Waals surface area contributed by atoms with Crippen LogP contribution in [0.1, 0.15) is 10.4 Å². The monoisotopic (exact) mass is 430 g/mol. The highest BCUT2D eigenvalue weighted by Gasteiger charge is 2.17. The zero-order valence-electron chi connectivity index (χ0n) is 11.9. The van der Waals surface area contributed by atoms with Gasteiger partial charge >= 0.3 is 0 Å². The fourth-order valence-corrected chi connectivity index (χ4v) is 2.30. The third kappa shape index (κ3) is 4.53. The largest absolute Gasteiger partial charge is 0.403 e. The van der Waals surface area contributed by atoms with Crippen LogP contribution in [-0.2, 0) is 0 Å². The average molecular weight is 432 g/mol. The third-order valence-electron chi connectivity index (χ3n) is 2.74. The van der Waals surface area contributed by atoms with Gasteiger partial charge in [-0.05, 0) is 34.1 Å². The molecule has 0 unspecified atom stereocenters. The Bertz CT molecular complexity index is 822. The first kappa shape index (κ1) is 18.4. The Morgan fingerprint density at radius 2 is 2.21 bits per heavy atom. The molecule has 1 amide bonds. The summed E-state index contributed by atoms with van der Waals surface area (Å²) in [7, 11) is 0. The maximum atomic E-state index is 13.8. The minimum Gasteiger partial charge on any atom is -0.403 e. The minimum absolute atomic E-state index is 0.0104. The lowest BCUT2D eigenvalue weighted by Crippen LogP contribution is -2.15. The first-order chi connectivity index (χ1) is 11.4. The van der Waals surface area contributed by atoms with E-state index in [0.29, 0.717) is 10.2 Å². The van der Waals surface area contributed by atoms with Gasteiger partial charge < -0.3 is 11.1 Å². The highest BCUT2D eigenvalue weighted by molar-refractivity contribution is 9.10. The van der Waals surface area contributed by atoms with E-state index in [2.05, 4.69) is 31.2 Å². The Balaban J connectivity index is 2.36. The highest BCUT2D eigenvalue weighted by Crippen LogP contribution is 2.28. The second-order valence-corrected chi connectivity index (χ2v) is 6.14. The van der Waals surface area contributed by atoms with E-state index in [1.165, 1.54) is 24.5 Å². The lowest BCUT2D eigenvalue weighted by molar-refractivity contribution is 0.102. The summed E-state index contributed by atoms with van der Waals surface area (Å²) < 4.78 is 14.5. The summed E-state index contributed by atoms with van der Waals surface area (Å²) >= 11 is 14.9. The molecule has 0 bridgehead atoms. The number of pyridine rings is 1. The van der Waals surface area contributed by atoms with Crippen LogP contribution in [-0.4, -0.2) is 17.1 Å². The maximum absolute atomic E-state index is 13.8. The van der Waals surface area contributed by atoms with Crippen LogP contribution in [0.3, 0.4) is 0 Å². The van der Waals surface area contributed by atoms with E-state index in [1.54, 1.807) is 6.07 Å². The lowest BCUT2D eigenvalue weighted by Gasteiger charge is -2.09. The number of halogens is 4. The van der Waals surface area contributed by atoms with Crippen LogP contribution in [0, 0.1) is 5.82 Å². The van der Waals surface area contributed by atoms with Crippen molar-refractivity contribution in [1.29, 1.82) is 0 Å². The van der Waals surface area contributed by atoms with Gasteiger partial charge in [0.05, 0.1) is 15.6 Å². The Morgan fingerprint density at radius 3 is 2.88 bits per heavy atom. The summed E-state index contributed by atoms with van der Waals surface area (Å²) in [5.41, 5.74) is 5.28. The van der Waals surface area contributed by atoms with E-state index in [0.717, 1.165) is 12.3 Å². The van der Waals surface area contributed by atoms with Gasteiger partial charge in [-0.1, -0.05) is 29.3 Å². The van der Waals surface area contributed by atoms with E-state index in [9.17, 15) is 9.18 Å². The van der Waals surface area contributed by atoms with Crippen molar-refractivity contribution >= 4 is 62.8 Å². The molecule has 124 valence electrons. The van der Waals surface area contributed by atoms with Gasteiger partial charge in [0.2, 0.25) is 0 Å². The topological polar surface area (TPSA) is 80.4 Å². The highest BCUT2D eigenvalue weighted by atomic mass is 79.9. The molecule has 3 N–H and O–H groups in total. The molecule has 5 nitrogen and oxygen atoms in total. The van der Waals surface area contributed by atoms with E-state index >= 15 is 0 Å². The van der Waals surface area contributed by atoms with Crippen LogP contribution in [0.2, 0.25) is 5.02 Å². The minimum atomic E-state index is -0.746. The number of carbonyl (C=O) groups is 1. The molecule has 0 atom stereocenters. The molecule has 1 heterocycles. The summed E-state index contributed by atoms with van der Waals surface area (Å²) in [6.45, 7) is 0. The molecular weight excluding hydrogens is 422 g/mol. The number of nitrogens with two attached hydrogens (primary N) is 1. The summed E-state index contributed by atoms with van der Waals surface area (Å²) in [6, 6.07) is 5.56. The fraction of sp³-hybridized carbons (Fsp3) is 0. The van der Waals surface area contributed by atoms with Crippen molar-refractivity contribution in [3.05, 3.63) is 62.6 Å². The summed E-state index contributed by atoms with van der Waals surface area (Å²) in [5, 5.41) is 2.66. The van der Waals surface area contributed by atoms with Crippen molar-refractivity contribution in [3.8, 4) is 0 Å². The van der Waals surface area contributed by atoms with Crippen molar-refractivity contribution in [2.45, 2.75) is 0 Å². The van der Waals surface area contributed by atoms with Crippen molar-refractivity contribution < 1.29 is 9.18 Å². The smallest absolute Gasteiger partial charge is 0.261 e. The molecule has 0 radical (unpaired) electrons. The summed E-state index contributed by atoms with van der Waals surface area (Å²) in [6.07, 6.45) is 3.91. The quantitative estimate of drug-likeness (QED) is 0.692. The molecule has 2 rings (SSSR count). The molecule has 0 spiro atoms. The average Bonchev–Trinajstić information content (AvgIpc) is 2.54. The van der Waals surface area contributed by atoms with Crippen LogP contribution in [0.5, 0.6) is 0 Å². The predicted molar refractivity (Wildman–Crippen MR) is 97.6 cm³/mol.